The minimum Gasteiger partial charge on any atom is -0.493 e. The lowest BCUT2D eigenvalue weighted by Gasteiger charge is -2.16. The van der Waals surface area contributed by atoms with Crippen LogP contribution in [0.25, 0.3) is 0 Å². The summed E-state index contributed by atoms with van der Waals surface area (Å²) < 4.78 is 15.9. The van der Waals surface area contributed by atoms with E-state index in [0.717, 1.165) is 24.2 Å². The first-order chi connectivity index (χ1) is 9.22. The summed E-state index contributed by atoms with van der Waals surface area (Å²) in [7, 11) is 3.01. The monoisotopic (exact) mass is 264 g/mol. The zero-order valence-electron chi connectivity index (χ0n) is 11.5. The molecule has 0 N–H and O–H groups in total. The average Bonchev–Trinajstić information content (AvgIpc) is 2.92. The highest BCUT2D eigenvalue weighted by atomic mass is 16.5. The molecule has 4 heteroatoms. The molecule has 19 heavy (non-hydrogen) atoms. The summed E-state index contributed by atoms with van der Waals surface area (Å²) in [6.45, 7) is 0. The summed E-state index contributed by atoms with van der Waals surface area (Å²) >= 11 is 0. The van der Waals surface area contributed by atoms with Crippen molar-refractivity contribution in [3.05, 3.63) is 23.8 Å². The van der Waals surface area contributed by atoms with Gasteiger partial charge in [-0.2, -0.15) is 0 Å². The summed E-state index contributed by atoms with van der Waals surface area (Å²) in [5.41, 5.74) is 0.876. The fourth-order valence-electron chi connectivity index (χ4n) is 2.35. The highest BCUT2D eigenvalue weighted by Gasteiger charge is 2.19. The molecule has 0 aromatic heterocycles. The molecule has 1 aromatic rings. The van der Waals surface area contributed by atoms with E-state index in [1.807, 2.05) is 18.2 Å². The highest BCUT2D eigenvalue weighted by Crippen LogP contribution is 2.32. The third-order valence-electron chi connectivity index (χ3n) is 3.40. The lowest BCUT2D eigenvalue weighted by molar-refractivity contribution is -0.139. The van der Waals surface area contributed by atoms with Crippen molar-refractivity contribution in [1.82, 2.24) is 0 Å². The molecule has 1 aliphatic rings. The van der Waals surface area contributed by atoms with Gasteiger partial charge in [-0.05, 0) is 43.4 Å². The Morgan fingerprint density at radius 3 is 2.58 bits per heavy atom. The third kappa shape index (κ3) is 3.63. The Balaban J connectivity index is 2.13. The minimum atomic E-state index is -0.253. The predicted octanol–water partition coefficient (Wildman–Crippen LogP) is 2.73. The summed E-state index contributed by atoms with van der Waals surface area (Å²) in [5, 5.41) is 0. The topological polar surface area (TPSA) is 44.8 Å². The van der Waals surface area contributed by atoms with E-state index in [-0.39, 0.29) is 18.5 Å². The lowest BCUT2D eigenvalue weighted by Crippen LogP contribution is -2.12. The van der Waals surface area contributed by atoms with Crippen LogP contribution in [0.2, 0.25) is 0 Å². The lowest BCUT2D eigenvalue weighted by atomic mass is 10.1. The molecule has 0 amide bonds. The van der Waals surface area contributed by atoms with E-state index >= 15 is 0 Å². The van der Waals surface area contributed by atoms with Crippen LogP contribution in [-0.2, 0) is 16.0 Å². The van der Waals surface area contributed by atoms with Crippen LogP contribution in [0, 0.1) is 0 Å². The van der Waals surface area contributed by atoms with Gasteiger partial charge in [-0.15, -0.1) is 0 Å². The third-order valence-corrected chi connectivity index (χ3v) is 3.40. The van der Waals surface area contributed by atoms with Gasteiger partial charge in [0, 0.05) is 0 Å². The van der Waals surface area contributed by atoms with Gasteiger partial charge in [-0.25, -0.2) is 0 Å². The van der Waals surface area contributed by atoms with Gasteiger partial charge in [-0.1, -0.05) is 6.07 Å². The second-order valence-corrected chi connectivity index (χ2v) is 4.76. The molecule has 1 fully saturated rings. The van der Waals surface area contributed by atoms with Gasteiger partial charge in [0.15, 0.2) is 11.5 Å². The molecule has 1 aromatic carbocycles. The average molecular weight is 264 g/mol. The zero-order chi connectivity index (χ0) is 13.7. The van der Waals surface area contributed by atoms with Crippen molar-refractivity contribution in [2.45, 2.75) is 38.2 Å². The zero-order valence-corrected chi connectivity index (χ0v) is 11.5. The number of carbonyl (C=O) groups is 1. The van der Waals surface area contributed by atoms with Crippen LogP contribution < -0.4 is 9.47 Å². The molecule has 0 radical (unpaired) electrons. The van der Waals surface area contributed by atoms with E-state index in [0.29, 0.717) is 5.75 Å². The van der Waals surface area contributed by atoms with E-state index < -0.39 is 0 Å². The Morgan fingerprint density at radius 1 is 1.21 bits per heavy atom. The second kappa shape index (κ2) is 6.45. The fourth-order valence-corrected chi connectivity index (χ4v) is 2.35. The number of benzene rings is 1. The second-order valence-electron chi connectivity index (χ2n) is 4.76. The van der Waals surface area contributed by atoms with E-state index in [1.165, 1.54) is 20.0 Å². The van der Waals surface area contributed by atoms with Crippen molar-refractivity contribution in [2.75, 3.05) is 14.2 Å². The SMILES string of the molecule is COC(=O)Cc1ccc(OC)c(OC2CCCC2)c1. The number of ether oxygens (including phenoxy) is 3. The highest BCUT2D eigenvalue weighted by molar-refractivity contribution is 5.72. The van der Waals surface area contributed by atoms with Gasteiger partial charge in [0.2, 0.25) is 0 Å². The molecule has 0 heterocycles. The molecule has 0 saturated heterocycles. The van der Waals surface area contributed by atoms with Gasteiger partial charge in [-0.3, -0.25) is 4.79 Å². The first-order valence-electron chi connectivity index (χ1n) is 6.63. The molecule has 0 spiro atoms. The fraction of sp³-hybridized carbons (Fsp3) is 0.533. The maximum absolute atomic E-state index is 11.3. The number of methoxy groups -OCH3 is 2. The molecule has 0 unspecified atom stereocenters. The number of esters is 1. The van der Waals surface area contributed by atoms with Crippen LogP contribution in [0.3, 0.4) is 0 Å². The Labute approximate surface area is 113 Å². The van der Waals surface area contributed by atoms with Gasteiger partial charge in [0.1, 0.15) is 0 Å². The predicted molar refractivity (Wildman–Crippen MR) is 71.6 cm³/mol. The van der Waals surface area contributed by atoms with Gasteiger partial charge >= 0.3 is 5.97 Å². The largest absolute Gasteiger partial charge is 0.493 e. The Morgan fingerprint density at radius 2 is 1.95 bits per heavy atom. The van der Waals surface area contributed by atoms with Crippen LogP contribution in [0.1, 0.15) is 31.2 Å². The summed E-state index contributed by atoms with van der Waals surface area (Å²) in [5.74, 6) is 1.17. The van der Waals surface area contributed by atoms with Crippen molar-refractivity contribution in [3.63, 3.8) is 0 Å². The van der Waals surface area contributed by atoms with Crippen LogP contribution in [0.15, 0.2) is 18.2 Å². The Kier molecular flexibility index (Phi) is 4.66. The molecule has 4 nitrogen and oxygen atoms in total. The minimum absolute atomic E-state index is 0.252. The summed E-state index contributed by atoms with van der Waals surface area (Å²) in [4.78, 5) is 11.3. The van der Waals surface area contributed by atoms with E-state index in [2.05, 4.69) is 4.74 Å². The van der Waals surface area contributed by atoms with Gasteiger partial charge in [0.25, 0.3) is 0 Å². The normalized spacial score (nSPS) is 15.3. The van der Waals surface area contributed by atoms with Crippen LogP contribution in [-0.4, -0.2) is 26.3 Å². The van der Waals surface area contributed by atoms with Crippen molar-refractivity contribution in [2.24, 2.45) is 0 Å². The van der Waals surface area contributed by atoms with Gasteiger partial charge in [0.05, 0.1) is 26.7 Å². The number of hydrogen-bond acceptors (Lipinski definition) is 4. The summed E-state index contributed by atoms with van der Waals surface area (Å²) in [6.07, 6.45) is 5.13. The van der Waals surface area contributed by atoms with Crippen molar-refractivity contribution < 1.29 is 19.0 Å². The van der Waals surface area contributed by atoms with Crippen molar-refractivity contribution in [3.8, 4) is 11.5 Å². The molecule has 0 atom stereocenters. The molecular weight excluding hydrogens is 244 g/mol. The van der Waals surface area contributed by atoms with Crippen molar-refractivity contribution >= 4 is 5.97 Å². The molecule has 2 rings (SSSR count). The maximum atomic E-state index is 11.3. The standard InChI is InChI=1S/C15H20O4/c1-17-13-8-7-11(10-15(16)18-2)9-14(13)19-12-5-3-4-6-12/h7-9,12H,3-6,10H2,1-2H3. The molecule has 0 bridgehead atoms. The molecule has 0 aliphatic heterocycles. The van der Waals surface area contributed by atoms with Crippen LogP contribution in [0.4, 0.5) is 0 Å². The van der Waals surface area contributed by atoms with Crippen molar-refractivity contribution in [1.29, 1.82) is 0 Å². The van der Waals surface area contributed by atoms with E-state index in [4.69, 9.17) is 9.47 Å². The van der Waals surface area contributed by atoms with Crippen LogP contribution >= 0.6 is 0 Å². The maximum Gasteiger partial charge on any atom is 0.309 e. The van der Waals surface area contributed by atoms with E-state index in [1.54, 1.807) is 7.11 Å². The molecule has 104 valence electrons. The quantitative estimate of drug-likeness (QED) is 0.767. The van der Waals surface area contributed by atoms with Crippen LogP contribution in [0.5, 0.6) is 11.5 Å². The Bertz CT molecular complexity index is 436. The van der Waals surface area contributed by atoms with Gasteiger partial charge < -0.3 is 14.2 Å². The first kappa shape index (κ1) is 13.7. The number of carbonyl (C=O) groups excluding carboxylic acids is 1. The van der Waals surface area contributed by atoms with E-state index in [9.17, 15) is 4.79 Å². The summed E-state index contributed by atoms with van der Waals surface area (Å²) in [6, 6.07) is 5.56. The Hall–Kier alpha value is -1.71. The smallest absolute Gasteiger partial charge is 0.309 e. The molecular formula is C15H20O4. The molecule has 1 saturated carbocycles. The molecule has 1 aliphatic carbocycles. The first-order valence-corrected chi connectivity index (χ1v) is 6.63. The number of rotatable bonds is 5. The number of hydrogen-bond donors (Lipinski definition) is 0.